The summed E-state index contributed by atoms with van der Waals surface area (Å²) in [6, 6.07) is 5.10. The van der Waals surface area contributed by atoms with Crippen molar-refractivity contribution in [3.63, 3.8) is 0 Å². The monoisotopic (exact) mass is 281 g/mol. The zero-order valence-electron chi connectivity index (χ0n) is 10.4. The van der Waals surface area contributed by atoms with Gasteiger partial charge in [0.2, 0.25) is 0 Å². The first kappa shape index (κ1) is 14.0. The van der Waals surface area contributed by atoms with Crippen LogP contribution in [0.3, 0.4) is 0 Å². The van der Waals surface area contributed by atoms with Crippen LogP contribution in [0.15, 0.2) is 36.7 Å². The predicted octanol–water partition coefficient (Wildman–Crippen LogP) is 3.77. The third kappa shape index (κ3) is 2.64. The Morgan fingerprint density at radius 1 is 1.20 bits per heavy atom. The smallest absolute Gasteiger partial charge is 0.417 e. The van der Waals surface area contributed by atoms with Gasteiger partial charge in [-0.2, -0.15) is 13.2 Å². The number of benzene rings is 1. The molecule has 20 heavy (non-hydrogen) atoms. The zero-order valence-corrected chi connectivity index (χ0v) is 10.4. The van der Waals surface area contributed by atoms with Crippen molar-refractivity contribution in [1.82, 2.24) is 4.98 Å². The Bertz CT molecular complexity index is 666. The molecule has 1 aromatic heterocycles. The molecule has 0 aliphatic carbocycles. The van der Waals surface area contributed by atoms with Crippen molar-refractivity contribution in [3.05, 3.63) is 53.3 Å². The summed E-state index contributed by atoms with van der Waals surface area (Å²) in [5.41, 5.74) is -0.660. The molecule has 0 fully saturated rings. The SMILES string of the molecule is Cc1ccc(-c2cnccc2C(F)(F)F)c(C(=O)O)c1. The predicted molar refractivity (Wildman–Crippen MR) is 66.4 cm³/mol. The Hall–Kier alpha value is -2.37. The van der Waals surface area contributed by atoms with Gasteiger partial charge < -0.3 is 5.11 Å². The van der Waals surface area contributed by atoms with Gasteiger partial charge in [0, 0.05) is 18.0 Å². The van der Waals surface area contributed by atoms with Gasteiger partial charge in [0.05, 0.1) is 11.1 Å². The van der Waals surface area contributed by atoms with Crippen LogP contribution < -0.4 is 0 Å². The molecule has 0 atom stereocenters. The number of rotatable bonds is 2. The third-order valence-electron chi connectivity index (χ3n) is 2.82. The maximum absolute atomic E-state index is 13.0. The van der Waals surface area contributed by atoms with Crippen LogP contribution in [-0.2, 0) is 6.18 Å². The highest BCUT2D eigenvalue weighted by Gasteiger charge is 2.34. The molecule has 0 saturated carbocycles. The van der Waals surface area contributed by atoms with Crippen LogP contribution in [0, 0.1) is 6.92 Å². The molecule has 0 saturated heterocycles. The Kier molecular flexibility index (Phi) is 3.48. The van der Waals surface area contributed by atoms with E-state index in [0.717, 1.165) is 18.5 Å². The van der Waals surface area contributed by atoms with Crippen molar-refractivity contribution >= 4 is 5.97 Å². The van der Waals surface area contributed by atoms with Crippen molar-refractivity contribution in [1.29, 1.82) is 0 Å². The van der Waals surface area contributed by atoms with Gasteiger partial charge in [-0.25, -0.2) is 4.79 Å². The number of halogens is 3. The number of nitrogens with zero attached hydrogens (tertiary/aromatic N) is 1. The van der Waals surface area contributed by atoms with Gasteiger partial charge in [-0.3, -0.25) is 4.98 Å². The second-order valence-corrected chi connectivity index (χ2v) is 4.27. The summed E-state index contributed by atoms with van der Waals surface area (Å²) in [7, 11) is 0. The van der Waals surface area contributed by atoms with Crippen molar-refractivity contribution in [2.24, 2.45) is 0 Å². The van der Waals surface area contributed by atoms with E-state index in [-0.39, 0.29) is 16.7 Å². The maximum Gasteiger partial charge on any atom is 0.417 e. The minimum atomic E-state index is -4.57. The summed E-state index contributed by atoms with van der Waals surface area (Å²) >= 11 is 0. The molecule has 2 rings (SSSR count). The second kappa shape index (κ2) is 4.96. The summed E-state index contributed by atoms with van der Waals surface area (Å²) in [6.07, 6.45) is -2.51. The van der Waals surface area contributed by atoms with E-state index >= 15 is 0 Å². The first-order valence-corrected chi connectivity index (χ1v) is 5.66. The number of aryl methyl sites for hydroxylation is 1. The van der Waals surface area contributed by atoms with Crippen LogP contribution in [0.2, 0.25) is 0 Å². The Morgan fingerprint density at radius 3 is 2.50 bits per heavy atom. The van der Waals surface area contributed by atoms with Gasteiger partial charge in [-0.05, 0) is 24.6 Å². The number of aromatic carboxylic acids is 1. The van der Waals surface area contributed by atoms with E-state index in [9.17, 15) is 18.0 Å². The van der Waals surface area contributed by atoms with E-state index < -0.39 is 17.7 Å². The highest BCUT2D eigenvalue weighted by molar-refractivity contribution is 5.96. The molecule has 0 spiro atoms. The van der Waals surface area contributed by atoms with E-state index in [0.29, 0.717) is 5.56 Å². The third-order valence-corrected chi connectivity index (χ3v) is 2.82. The van der Waals surface area contributed by atoms with E-state index in [4.69, 9.17) is 5.11 Å². The molecular weight excluding hydrogens is 271 g/mol. The fourth-order valence-electron chi connectivity index (χ4n) is 1.93. The molecule has 1 N–H and O–H groups in total. The quantitative estimate of drug-likeness (QED) is 0.911. The van der Waals surface area contributed by atoms with E-state index in [2.05, 4.69) is 4.98 Å². The Labute approximate surface area is 112 Å². The lowest BCUT2D eigenvalue weighted by molar-refractivity contribution is -0.137. The van der Waals surface area contributed by atoms with Crippen molar-refractivity contribution in [2.45, 2.75) is 13.1 Å². The molecule has 0 unspecified atom stereocenters. The number of carbonyl (C=O) groups is 1. The zero-order chi connectivity index (χ0) is 14.9. The van der Waals surface area contributed by atoms with Crippen LogP contribution in [0.4, 0.5) is 13.2 Å². The number of carboxylic acids is 1. The summed E-state index contributed by atoms with van der Waals surface area (Å²) < 4.78 is 38.9. The summed E-state index contributed by atoms with van der Waals surface area (Å²) in [5.74, 6) is -1.28. The molecule has 0 radical (unpaired) electrons. The minimum Gasteiger partial charge on any atom is -0.478 e. The first-order chi connectivity index (χ1) is 9.30. The topological polar surface area (TPSA) is 50.2 Å². The average Bonchev–Trinajstić information content (AvgIpc) is 2.37. The van der Waals surface area contributed by atoms with Gasteiger partial charge in [0.1, 0.15) is 0 Å². The fraction of sp³-hybridized carbons (Fsp3) is 0.143. The average molecular weight is 281 g/mol. The molecule has 2 aromatic rings. The standard InChI is InChI=1S/C14H10F3NO2/c1-8-2-3-9(10(6-8)13(19)20)11-7-18-5-4-12(11)14(15,16)17/h2-7H,1H3,(H,19,20). The molecule has 6 heteroatoms. The Balaban J connectivity index is 2.73. The van der Waals surface area contributed by atoms with Crippen LogP contribution in [0.5, 0.6) is 0 Å². The molecule has 0 amide bonds. The minimum absolute atomic E-state index is 0.00326. The van der Waals surface area contributed by atoms with Gasteiger partial charge in [0.25, 0.3) is 0 Å². The lowest BCUT2D eigenvalue weighted by Crippen LogP contribution is -2.09. The van der Waals surface area contributed by atoms with Gasteiger partial charge in [-0.15, -0.1) is 0 Å². The molecule has 0 bridgehead atoms. The van der Waals surface area contributed by atoms with E-state index in [1.165, 1.54) is 12.1 Å². The van der Waals surface area contributed by atoms with Crippen LogP contribution in [-0.4, -0.2) is 16.1 Å². The summed E-state index contributed by atoms with van der Waals surface area (Å²) in [4.78, 5) is 14.9. The molecular formula is C14H10F3NO2. The number of aromatic nitrogens is 1. The molecule has 3 nitrogen and oxygen atoms in total. The summed E-state index contributed by atoms with van der Waals surface area (Å²) in [5, 5.41) is 9.14. The fourth-order valence-corrected chi connectivity index (χ4v) is 1.93. The van der Waals surface area contributed by atoms with Crippen LogP contribution in [0.1, 0.15) is 21.5 Å². The summed E-state index contributed by atoms with van der Waals surface area (Å²) in [6.45, 7) is 1.67. The molecule has 0 aliphatic rings. The van der Waals surface area contributed by atoms with Crippen molar-refractivity contribution in [2.75, 3.05) is 0 Å². The lowest BCUT2D eigenvalue weighted by Gasteiger charge is -2.14. The number of alkyl halides is 3. The van der Waals surface area contributed by atoms with Gasteiger partial charge in [0.15, 0.2) is 0 Å². The first-order valence-electron chi connectivity index (χ1n) is 5.66. The molecule has 1 aromatic carbocycles. The molecule has 104 valence electrons. The van der Waals surface area contributed by atoms with Gasteiger partial charge in [-0.1, -0.05) is 17.7 Å². The van der Waals surface area contributed by atoms with Crippen LogP contribution >= 0.6 is 0 Å². The van der Waals surface area contributed by atoms with Crippen molar-refractivity contribution < 1.29 is 23.1 Å². The number of pyridine rings is 1. The highest BCUT2D eigenvalue weighted by Crippen LogP contribution is 2.37. The number of hydrogen-bond donors (Lipinski definition) is 1. The van der Waals surface area contributed by atoms with Gasteiger partial charge >= 0.3 is 12.1 Å². The Morgan fingerprint density at radius 2 is 1.90 bits per heavy atom. The number of carboxylic acid groups (broad SMARTS) is 1. The van der Waals surface area contributed by atoms with E-state index in [1.807, 2.05) is 0 Å². The lowest BCUT2D eigenvalue weighted by atomic mass is 9.95. The maximum atomic E-state index is 13.0. The second-order valence-electron chi connectivity index (χ2n) is 4.27. The van der Waals surface area contributed by atoms with Crippen LogP contribution in [0.25, 0.3) is 11.1 Å². The number of hydrogen-bond acceptors (Lipinski definition) is 2. The normalized spacial score (nSPS) is 11.4. The van der Waals surface area contributed by atoms with E-state index in [1.54, 1.807) is 13.0 Å². The molecule has 0 aliphatic heterocycles. The largest absolute Gasteiger partial charge is 0.478 e. The highest BCUT2D eigenvalue weighted by atomic mass is 19.4. The van der Waals surface area contributed by atoms with Crippen molar-refractivity contribution in [3.8, 4) is 11.1 Å². The molecule has 1 heterocycles.